The van der Waals surface area contributed by atoms with E-state index >= 15 is 0 Å². The van der Waals surface area contributed by atoms with Crippen LogP contribution in [0.2, 0.25) is 0 Å². The van der Waals surface area contributed by atoms with Crippen LogP contribution < -0.4 is 0 Å². The molecule has 0 aromatic heterocycles. The van der Waals surface area contributed by atoms with Gasteiger partial charge in [-0.25, -0.2) is 9.18 Å². The van der Waals surface area contributed by atoms with Gasteiger partial charge < -0.3 is 0 Å². The second-order valence-electron chi connectivity index (χ2n) is 4.38. The van der Waals surface area contributed by atoms with E-state index in [9.17, 15) is 9.18 Å². The maximum Gasteiger partial charge on any atom is 0.235 e. The second-order valence-corrected chi connectivity index (χ2v) is 5.24. The lowest BCUT2D eigenvalue weighted by Gasteiger charge is -2.37. The molecule has 90 valence electrons. The van der Waals surface area contributed by atoms with Gasteiger partial charge in [-0.15, -0.1) is 0 Å². The predicted octanol–water partition coefficient (Wildman–Crippen LogP) is 3.87. The summed E-state index contributed by atoms with van der Waals surface area (Å²) in [5, 5.41) is 0. The Balaban J connectivity index is 2.57. The molecule has 0 unspecified atom stereocenters. The van der Waals surface area contributed by atoms with Gasteiger partial charge in [-0.05, 0) is 53.2 Å². The van der Waals surface area contributed by atoms with Gasteiger partial charge in [-0.2, -0.15) is 4.99 Å². The Hall–Kier alpha value is -0.990. The minimum Gasteiger partial charge on any atom is -0.211 e. The lowest BCUT2D eigenvalue weighted by atomic mass is 9.72. The van der Waals surface area contributed by atoms with E-state index in [1.165, 1.54) is 0 Å². The number of carbonyl (C=O) groups excluding carboxylic acids is 1. The molecule has 2 nitrogen and oxygen atoms in total. The van der Waals surface area contributed by atoms with E-state index in [1.807, 2.05) is 13.0 Å². The molecule has 1 saturated carbocycles. The number of isocyanates is 1. The highest BCUT2D eigenvalue weighted by molar-refractivity contribution is 9.10. The second kappa shape index (κ2) is 4.71. The average Bonchev–Trinajstić information content (AvgIpc) is 2.27. The number of benzene rings is 1. The van der Waals surface area contributed by atoms with Crippen LogP contribution in [0.3, 0.4) is 0 Å². The smallest absolute Gasteiger partial charge is 0.211 e. The Kier molecular flexibility index (Phi) is 3.45. The van der Waals surface area contributed by atoms with Crippen molar-refractivity contribution in [3.63, 3.8) is 0 Å². The standard InChI is InChI=1S/C13H13BrFNO/c1-2-9-6-10(12(15)11(14)7-9)13(16-8-17)4-3-5-13/h6-7H,2-5H2,1H3. The average molecular weight is 298 g/mol. The van der Waals surface area contributed by atoms with Gasteiger partial charge in [0.1, 0.15) is 11.4 Å². The zero-order chi connectivity index (χ0) is 12.5. The zero-order valence-electron chi connectivity index (χ0n) is 9.59. The van der Waals surface area contributed by atoms with Gasteiger partial charge >= 0.3 is 0 Å². The first kappa shape index (κ1) is 12.5. The normalized spacial score (nSPS) is 17.1. The van der Waals surface area contributed by atoms with Crippen LogP contribution in [0.1, 0.15) is 37.3 Å². The fourth-order valence-electron chi connectivity index (χ4n) is 2.23. The van der Waals surface area contributed by atoms with E-state index in [2.05, 4.69) is 20.9 Å². The van der Waals surface area contributed by atoms with Gasteiger partial charge in [0, 0.05) is 5.56 Å². The van der Waals surface area contributed by atoms with E-state index in [4.69, 9.17) is 0 Å². The summed E-state index contributed by atoms with van der Waals surface area (Å²) in [5.41, 5.74) is 0.901. The van der Waals surface area contributed by atoms with E-state index in [1.54, 1.807) is 12.1 Å². The molecule has 1 aromatic carbocycles. The van der Waals surface area contributed by atoms with E-state index in [0.717, 1.165) is 31.2 Å². The van der Waals surface area contributed by atoms with E-state index in [-0.39, 0.29) is 5.82 Å². The third kappa shape index (κ3) is 2.07. The van der Waals surface area contributed by atoms with Crippen LogP contribution >= 0.6 is 15.9 Å². The Morgan fingerprint density at radius 2 is 2.24 bits per heavy atom. The summed E-state index contributed by atoms with van der Waals surface area (Å²) < 4.78 is 14.6. The maximum atomic E-state index is 14.1. The molecule has 0 heterocycles. The highest BCUT2D eigenvalue weighted by Crippen LogP contribution is 2.46. The fourth-order valence-corrected chi connectivity index (χ4v) is 2.74. The lowest BCUT2D eigenvalue weighted by Crippen LogP contribution is -2.33. The number of halogens is 2. The largest absolute Gasteiger partial charge is 0.235 e. The van der Waals surface area contributed by atoms with Crippen molar-refractivity contribution >= 4 is 22.0 Å². The van der Waals surface area contributed by atoms with Gasteiger partial charge in [0.15, 0.2) is 0 Å². The molecule has 0 bridgehead atoms. The van der Waals surface area contributed by atoms with Crippen molar-refractivity contribution < 1.29 is 9.18 Å². The molecule has 0 N–H and O–H groups in total. The van der Waals surface area contributed by atoms with Crippen molar-refractivity contribution in [2.45, 2.75) is 38.1 Å². The number of hydrogen-bond acceptors (Lipinski definition) is 2. The molecule has 0 amide bonds. The van der Waals surface area contributed by atoms with Gasteiger partial charge in [0.05, 0.1) is 4.47 Å². The molecule has 0 spiro atoms. The molecular weight excluding hydrogens is 285 g/mol. The van der Waals surface area contributed by atoms with Crippen molar-refractivity contribution in [1.82, 2.24) is 0 Å². The first-order valence-electron chi connectivity index (χ1n) is 5.70. The van der Waals surface area contributed by atoms with Crippen molar-refractivity contribution in [3.8, 4) is 0 Å². The lowest BCUT2D eigenvalue weighted by molar-refractivity contribution is 0.247. The Morgan fingerprint density at radius 1 is 1.53 bits per heavy atom. The summed E-state index contributed by atoms with van der Waals surface area (Å²) in [7, 11) is 0. The van der Waals surface area contributed by atoms with Crippen molar-refractivity contribution in [3.05, 3.63) is 33.5 Å². The van der Waals surface area contributed by atoms with Crippen molar-refractivity contribution in [1.29, 1.82) is 0 Å². The van der Waals surface area contributed by atoms with Crippen LogP contribution in [-0.2, 0) is 16.8 Å². The quantitative estimate of drug-likeness (QED) is 0.615. The molecular formula is C13H13BrFNO. The van der Waals surface area contributed by atoms with Crippen molar-refractivity contribution in [2.75, 3.05) is 0 Å². The number of aliphatic imine (C=N–C) groups is 1. The third-order valence-electron chi connectivity index (χ3n) is 3.44. The molecule has 4 heteroatoms. The predicted molar refractivity (Wildman–Crippen MR) is 67.1 cm³/mol. The number of nitrogens with zero attached hydrogens (tertiary/aromatic N) is 1. The first-order valence-corrected chi connectivity index (χ1v) is 6.49. The molecule has 2 rings (SSSR count). The minimum atomic E-state index is -0.667. The molecule has 17 heavy (non-hydrogen) atoms. The number of aryl methyl sites for hydroxylation is 1. The Labute approximate surface area is 108 Å². The first-order chi connectivity index (χ1) is 8.13. The molecule has 0 aliphatic heterocycles. The molecule has 1 aromatic rings. The van der Waals surface area contributed by atoms with Crippen LogP contribution in [0.5, 0.6) is 0 Å². The van der Waals surface area contributed by atoms with Crippen LogP contribution in [0, 0.1) is 5.82 Å². The summed E-state index contributed by atoms with van der Waals surface area (Å²) >= 11 is 3.22. The Morgan fingerprint density at radius 3 is 2.71 bits per heavy atom. The highest BCUT2D eigenvalue weighted by Gasteiger charge is 2.41. The third-order valence-corrected chi connectivity index (χ3v) is 4.02. The van der Waals surface area contributed by atoms with Gasteiger partial charge in [-0.1, -0.05) is 13.0 Å². The van der Waals surface area contributed by atoms with E-state index in [0.29, 0.717) is 10.0 Å². The highest BCUT2D eigenvalue weighted by atomic mass is 79.9. The topological polar surface area (TPSA) is 29.4 Å². The zero-order valence-corrected chi connectivity index (χ0v) is 11.2. The summed E-state index contributed by atoms with van der Waals surface area (Å²) in [5.74, 6) is -0.305. The minimum absolute atomic E-state index is 0.305. The summed E-state index contributed by atoms with van der Waals surface area (Å²) in [6, 6.07) is 3.59. The maximum absolute atomic E-state index is 14.1. The van der Waals surface area contributed by atoms with Crippen LogP contribution in [0.25, 0.3) is 0 Å². The monoisotopic (exact) mass is 297 g/mol. The molecule has 1 aliphatic rings. The molecule has 0 radical (unpaired) electrons. The Bertz CT molecular complexity index is 490. The summed E-state index contributed by atoms with van der Waals surface area (Å²) in [6.07, 6.45) is 4.83. The van der Waals surface area contributed by atoms with Gasteiger partial charge in [0.25, 0.3) is 0 Å². The van der Waals surface area contributed by atoms with E-state index < -0.39 is 5.54 Å². The SMILES string of the molecule is CCc1cc(Br)c(F)c(C2(N=C=O)CCC2)c1. The fraction of sp³-hybridized carbons (Fsp3) is 0.462. The van der Waals surface area contributed by atoms with Gasteiger partial charge in [-0.3, -0.25) is 0 Å². The van der Waals surface area contributed by atoms with Gasteiger partial charge in [0.2, 0.25) is 6.08 Å². The van der Waals surface area contributed by atoms with Crippen molar-refractivity contribution in [2.24, 2.45) is 4.99 Å². The van der Waals surface area contributed by atoms with Crippen LogP contribution in [0.4, 0.5) is 4.39 Å². The van der Waals surface area contributed by atoms with Crippen LogP contribution in [-0.4, -0.2) is 6.08 Å². The number of hydrogen-bond donors (Lipinski definition) is 0. The summed E-state index contributed by atoms with van der Waals surface area (Å²) in [4.78, 5) is 14.4. The summed E-state index contributed by atoms with van der Waals surface area (Å²) in [6.45, 7) is 2.01. The molecule has 1 aliphatic carbocycles. The molecule has 0 atom stereocenters. The number of rotatable bonds is 3. The van der Waals surface area contributed by atoms with Crippen LogP contribution in [0.15, 0.2) is 21.6 Å². The molecule has 0 saturated heterocycles. The molecule has 1 fully saturated rings.